The standard InChI is InChI=1S/C21H17Cl2FN4S/c22-16-4-2-15(3-5-16)20-13-29-21(26-17-6-7-18(23)19(24)12-17)28(20)10-1-9-27-11-8-25-14-27/h2-8,11-14H,1,9-10H2. The van der Waals surface area contributed by atoms with Gasteiger partial charge < -0.3 is 9.13 Å². The van der Waals surface area contributed by atoms with Crippen LogP contribution in [-0.2, 0) is 13.1 Å². The van der Waals surface area contributed by atoms with E-state index >= 15 is 0 Å². The molecule has 2 aromatic heterocycles. The fourth-order valence-corrected chi connectivity index (χ4v) is 4.18. The zero-order valence-electron chi connectivity index (χ0n) is 15.3. The van der Waals surface area contributed by atoms with Crippen LogP contribution in [0.3, 0.4) is 0 Å². The van der Waals surface area contributed by atoms with E-state index in [1.54, 1.807) is 18.6 Å². The van der Waals surface area contributed by atoms with Crippen LogP contribution in [0.4, 0.5) is 10.1 Å². The van der Waals surface area contributed by atoms with Crippen molar-refractivity contribution < 1.29 is 4.39 Å². The molecule has 8 heteroatoms. The van der Waals surface area contributed by atoms with Crippen LogP contribution in [0.1, 0.15) is 6.42 Å². The predicted molar refractivity (Wildman–Crippen MR) is 116 cm³/mol. The van der Waals surface area contributed by atoms with Crippen molar-refractivity contribution in [2.24, 2.45) is 4.99 Å². The molecular formula is C21H17Cl2FN4S. The first-order chi connectivity index (χ1) is 14.1. The predicted octanol–water partition coefficient (Wildman–Crippen LogP) is 6.18. The number of benzene rings is 2. The molecule has 0 atom stereocenters. The monoisotopic (exact) mass is 446 g/mol. The SMILES string of the molecule is Fc1cc(N=c2scc(-c3ccc(Cl)cc3)n2CCCn2ccnc2)ccc1Cl. The van der Waals surface area contributed by atoms with Gasteiger partial charge in [0.2, 0.25) is 0 Å². The Balaban J connectivity index is 1.70. The molecular weight excluding hydrogens is 430 g/mol. The fourth-order valence-electron chi connectivity index (χ4n) is 2.98. The summed E-state index contributed by atoms with van der Waals surface area (Å²) in [4.78, 5) is 9.53. The third kappa shape index (κ3) is 4.78. The van der Waals surface area contributed by atoms with Crippen molar-refractivity contribution in [2.75, 3.05) is 0 Å². The molecule has 0 saturated carbocycles. The summed E-state index contributed by atoms with van der Waals surface area (Å²) in [6.45, 7) is 1.60. The number of imidazole rings is 1. The number of halogens is 3. The van der Waals surface area contributed by atoms with E-state index in [4.69, 9.17) is 23.2 Å². The zero-order chi connectivity index (χ0) is 20.2. The first-order valence-electron chi connectivity index (χ1n) is 9.00. The van der Waals surface area contributed by atoms with Gasteiger partial charge in [0.05, 0.1) is 22.7 Å². The third-order valence-corrected chi connectivity index (χ3v) is 5.84. The van der Waals surface area contributed by atoms with Gasteiger partial charge in [-0.3, -0.25) is 0 Å². The Morgan fingerprint density at radius 3 is 2.62 bits per heavy atom. The van der Waals surface area contributed by atoms with Crippen LogP contribution in [0.25, 0.3) is 11.3 Å². The number of hydrogen-bond donors (Lipinski definition) is 0. The summed E-state index contributed by atoms with van der Waals surface area (Å²) in [6, 6.07) is 12.3. The van der Waals surface area contributed by atoms with E-state index in [9.17, 15) is 4.39 Å². The highest BCUT2D eigenvalue weighted by atomic mass is 35.5. The number of aromatic nitrogens is 3. The zero-order valence-corrected chi connectivity index (χ0v) is 17.6. The van der Waals surface area contributed by atoms with Crippen molar-refractivity contribution >= 4 is 40.2 Å². The van der Waals surface area contributed by atoms with Crippen molar-refractivity contribution in [1.29, 1.82) is 0 Å². The lowest BCUT2D eigenvalue weighted by Gasteiger charge is -2.10. The fraction of sp³-hybridized carbons (Fsp3) is 0.143. The average Bonchev–Trinajstić information content (AvgIpc) is 3.36. The van der Waals surface area contributed by atoms with Gasteiger partial charge in [-0.25, -0.2) is 14.4 Å². The van der Waals surface area contributed by atoms with Gasteiger partial charge in [-0.05, 0) is 36.2 Å². The number of thiazole rings is 1. The van der Waals surface area contributed by atoms with Gasteiger partial charge in [0.15, 0.2) is 4.80 Å². The molecule has 0 spiro atoms. The van der Waals surface area contributed by atoms with Crippen LogP contribution in [0, 0.1) is 5.82 Å². The molecule has 0 aliphatic rings. The molecule has 0 saturated heterocycles. The van der Waals surface area contributed by atoms with Crippen molar-refractivity contribution in [3.63, 3.8) is 0 Å². The van der Waals surface area contributed by atoms with Gasteiger partial charge in [-0.1, -0.05) is 35.3 Å². The van der Waals surface area contributed by atoms with E-state index in [2.05, 4.69) is 19.9 Å². The molecule has 0 bridgehead atoms. The lowest BCUT2D eigenvalue weighted by atomic mass is 10.2. The third-order valence-electron chi connectivity index (χ3n) is 4.42. The van der Waals surface area contributed by atoms with Gasteiger partial charge in [-0.15, -0.1) is 11.3 Å². The van der Waals surface area contributed by atoms with Crippen molar-refractivity contribution in [1.82, 2.24) is 14.1 Å². The molecule has 2 aromatic carbocycles. The molecule has 0 unspecified atom stereocenters. The van der Waals surface area contributed by atoms with E-state index in [-0.39, 0.29) is 5.02 Å². The van der Waals surface area contributed by atoms with Gasteiger partial charge in [0.25, 0.3) is 0 Å². The van der Waals surface area contributed by atoms with E-state index in [1.165, 1.54) is 23.5 Å². The molecule has 0 radical (unpaired) electrons. The van der Waals surface area contributed by atoms with Crippen molar-refractivity contribution in [3.05, 3.63) is 87.2 Å². The second-order valence-electron chi connectivity index (χ2n) is 6.43. The summed E-state index contributed by atoms with van der Waals surface area (Å²) in [5.74, 6) is -0.478. The Morgan fingerprint density at radius 1 is 1.07 bits per heavy atom. The van der Waals surface area contributed by atoms with Gasteiger partial charge in [0, 0.05) is 42.0 Å². The maximum absolute atomic E-state index is 13.8. The maximum Gasteiger partial charge on any atom is 0.190 e. The summed E-state index contributed by atoms with van der Waals surface area (Å²) in [6.07, 6.45) is 6.42. The van der Waals surface area contributed by atoms with E-state index in [0.29, 0.717) is 10.7 Å². The van der Waals surface area contributed by atoms with Crippen LogP contribution in [0.2, 0.25) is 10.0 Å². The second kappa shape index (κ2) is 8.95. The highest BCUT2D eigenvalue weighted by molar-refractivity contribution is 7.07. The first-order valence-corrected chi connectivity index (χ1v) is 10.6. The minimum atomic E-state index is -0.478. The number of aryl methyl sites for hydroxylation is 1. The molecule has 0 aliphatic carbocycles. The second-order valence-corrected chi connectivity index (χ2v) is 8.11. The minimum Gasteiger partial charge on any atom is -0.337 e. The molecule has 29 heavy (non-hydrogen) atoms. The molecule has 4 aromatic rings. The summed E-state index contributed by atoms with van der Waals surface area (Å²) in [5.41, 5.74) is 2.63. The smallest absolute Gasteiger partial charge is 0.190 e. The summed E-state index contributed by atoms with van der Waals surface area (Å²) in [5, 5.41) is 2.84. The molecule has 148 valence electrons. The lowest BCUT2D eigenvalue weighted by molar-refractivity contribution is 0.559. The molecule has 0 amide bonds. The van der Waals surface area contributed by atoms with Crippen LogP contribution in [-0.4, -0.2) is 14.1 Å². The number of rotatable bonds is 6. The molecule has 2 heterocycles. The normalized spacial score (nSPS) is 11.9. The molecule has 0 N–H and O–H groups in total. The molecule has 0 fully saturated rings. The summed E-state index contributed by atoms with van der Waals surface area (Å²) < 4.78 is 18.0. The van der Waals surface area contributed by atoms with Crippen molar-refractivity contribution in [3.8, 4) is 11.3 Å². The molecule has 0 aliphatic heterocycles. The highest BCUT2D eigenvalue weighted by Gasteiger charge is 2.09. The van der Waals surface area contributed by atoms with Gasteiger partial charge >= 0.3 is 0 Å². The Morgan fingerprint density at radius 2 is 1.90 bits per heavy atom. The minimum absolute atomic E-state index is 0.0881. The van der Waals surface area contributed by atoms with Crippen LogP contribution in [0.5, 0.6) is 0 Å². The average molecular weight is 447 g/mol. The summed E-state index contributed by atoms with van der Waals surface area (Å²) in [7, 11) is 0. The molecule has 4 nitrogen and oxygen atoms in total. The van der Waals surface area contributed by atoms with Gasteiger partial charge in [0.1, 0.15) is 5.82 Å². The number of hydrogen-bond acceptors (Lipinski definition) is 3. The molecule has 4 rings (SSSR count). The first kappa shape index (κ1) is 19.9. The Bertz CT molecular complexity index is 1160. The van der Waals surface area contributed by atoms with Crippen LogP contribution < -0.4 is 4.80 Å². The van der Waals surface area contributed by atoms with Crippen LogP contribution >= 0.6 is 34.5 Å². The van der Waals surface area contributed by atoms with E-state index in [1.807, 2.05) is 35.0 Å². The number of nitrogens with zero attached hydrogens (tertiary/aromatic N) is 4. The highest BCUT2D eigenvalue weighted by Crippen LogP contribution is 2.24. The summed E-state index contributed by atoms with van der Waals surface area (Å²) >= 11 is 13.4. The Kier molecular flexibility index (Phi) is 6.13. The van der Waals surface area contributed by atoms with Gasteiger partial charge in [-0.2, -0.15) is 0 Å². The largest absolute Gasteiger partial charge is 0.337 e. The van der Waals surface area contributed by atoms with E-state index in [0.717, 1.165) is 35.6 Å². The Hall–Kier alpha value is -2.41. The maximum atomic E-state index is 13.8. The Labute approximate surface area is 181 Å². The van der Waals surface area contributed by atoms with E-state index < -0.39 is 5.82 Å². The quantitative estimate of drug-likeness (QED) is 0.348. The van der Waals surface area contributed by atoms with Crippen LogP contribution in [0.15, 0.2) is 71.6 Å². The van der Waals surface area contributed by atoms with Crippen molar-refractivity contribution in [2.45, 2.75) is 19.5 Å². The topological polar surface area (TPSA) is 35.1 Å². The lowest BCUT2D eigenvalue weighted by Crippen LogP contribution is -2.17.